The van der Waals surface area contributed by atoms with Gasteiger partial charge in [0.2, 0.25) is 0 Å². The van der Waals surface area contributed by atoms with E-state index < -0.39 is 16.8 Å². The standard InChI is InChI=1S/C13H13BrO5/c1-3-19-13(18)10-6-8(11(15)7(2)14)4-5-9(10)12(16)17/h4-7H,3H2,1-2H3,(H,16,17). The van der Waals surface area contributed by atoms with Crippen molar-refractivity contribution in [3.8, 4) is 0 Å². The van der Waals surface area contributed by atoms with Crippen molar-refractivity contribution >= 4 is 33.7 Å². The van der Waals surface area contributed by atoms with Gasteiger partial charge in [0.25, 0.3) is 0 Å². The van der Waals surface area contributed by atoms with E-state index in [9.17, 15) is 14.4 Å². The van der Waals surface area contributed by atoms with Gasteiger partial charge in [0, 0.05) is 5.56 Å². The van der Waals surface area contributed by atoms with Crippen molar-refractivity contribution in [1.82, 2.24) is 0 Å². The molecule has 0 spiro atoms. The molecule has 0 bridgehead atoms. The maximum absolute atomic E-state index is 11.8. The average Bonchev–Trinajstić information content (AvgIpc) is 2.37. The second kappa shape index (κ2) is 6.47. The summed E-state index contributed by atoms with van der Waals surface area (Å²) in [6.45, 7) is 3.40. The van der Waals surface area contributed by atoms with Crippen LogP contribution in [-0.2, 0) is 4.74 Å². The third-order valence-corrected chi connectivity index (χ3v) is 2.81. The lowest BCUT2D eigenvalue weighted by Crippen LogP contribution is -2.15. The van der Waals surface area contributed by atoms with Crippen LogP contribution in [0.3, 0.4) is 0 Å². The minimum atomic E-state index is -1.24. The van der Waals surface area contributed by atoms with E-state index in [1.807, 2.05) is 0 Å². The summed E-state index contributed by atoms with van der Waals surface area (Å²) in [5.74, 6) is -2.23. The summed E-state index contributed by atoms with van der Waals surface area (Å²) in [4.78, 5) is 34.1. The van der Waals surface area contributed by atoms with Gasteiger partial charge in [-0.3, -0.25) is 4.79 Å². The highest BCUT2D eigenvalue weighted by atomic mass is 79.9. The minimum absolute atomic E-state index is 0.117. The Labute approximate surface area is 118 Å². The summed E-state index contributed by atoms with van der Waals surface area (Å²) in [5, 5.41) is 9.02. The quantitative estimate of drug-likeness (QED) is 0.510. The van der Waals surface area contributed by atoms with Gasteiger partial charge in [-0.1, -0.05) is 22.0 Å². The lowest BCUT2D eigenvalue weighted by molar-refractivity contribution is 0.0514. The first-order valence-electron chi connectivity index (χ1n) is 5.61. The maximum Gasteiger partial charge on any atom is 0.339 e. The molecule has 102 valence electrons. The van der Waals surface area contributed by atoms with Gasteiger partial charge in [0.15, 0.2) is 5.78 Å². The summed E-state index contributed by atoms with van der Waals surface area (Å²) in [6, 6.07) is 3.87. The van der Waals surface area contributed by atoms with Crippen LogP contribution in [0.2, 0.25) is 0 Å². The van der Waals surface area contributed by atoms with Crippen LogP contribution in [0, 0.1) is 0 Å². The number of hydrogen-bond donors (Lipinski definition) is 1. The number of halogens is 1. The van der Waals surface area contributed by atoms with Gasteiger partial charge < -0.3 is 9.84 Å². The highest BCUT2D eigenvalue weighted by Crippen LogP contribution is 2.17. The van der Waals surface area contributed by atoms with Gasteiger partial charge >= 0.3 is 11.9 Å². The smallest absolute Gasteiger partial charge is 0.339 e. The first-order chi connectivity index (χ1) is 8.88. The van der Waals surface area contributed by atoms with Crippen LogP contribution in [0.4, 0.5) is 0 Å². The zero-order chi connectivity index (χ0) is 14.6. The molecule has 1 rings (SSSR count). The lowest BCUT2D eigenvalue weighted by Gasteiger charge is -2.09. The summed E-state index contributed by atoms with van der Waals surface area (Å²) >= 11 is 3.13. The molecular formula is C13H13BrO5. The van der Waals surface area contributed by atoms with Crippen LogP contribution in [0.25, 0.3) is 0 Å². The Balaban J connectivity index is 3.30. The number of carboxylic acid groups (broad SMARTS) is 1. The number of ether oxygens (including phenoxy) is 1. The molecule has 0 fully saturated rings. The van der Waals surface area contributed by atoms with Crippen molar-refractivity contribution in [2.45, 2.75) is 18.7 Å². The van der Waals surface area contributed by atoms with Crippen molar-refractivity contribution in [2.75, 3.05) is 6.61 Å². The van der Waals surface area contributed by atoms with Crippen molar-refractivity contribution in [3.05, 3.63) is 34.9 Å². The molecule has 0 aliphatic carbocycles. The molecule has 1 aromatic carbocycles. The second-order valence-corrected chi connectivity index (χ2v) is 5.14. The summed E-state index contributed by atoms with van der Waals surface area (Å²) in [6.07, 6.45) is 0. The van der Waals surface area contributed by atoms with Crippen molar-refractivity contribution in [3.63, 3.8) is 0 Å². The Hall–Kier alpha value is -1.69. The zero-order valence-corrected chi connectivity index (χ0v) is 12.1. The van der Waals surface area contributed by atoms with Gasteiger partial charge in [-0.25, -0.2) is 9.59 Å². The number of aromatic carboxylic acids is 1. The molecule has 5 nitrogen and oxygen atoms in total. The molecule has 0 heterocycles. The van der Waals surface area contributed by atoms with E-state index in [4.69, 9.17) is 9.84 Å². The van der Waals surface area contributed by atoms with Crippen molar-refractivity contribution in [2.24, 2.45) is 0 Å². The summed E-state index contributed by atoms with van der Waals surface area (Å²) in [7, 11) is 0. The zero-order valence-electron chi connectivity index (χ0n) is 10.5. The molecule has 0 saturated carbocycles. The van der Waals surface area contributed by atoms with E-state index in [-0.39, 0.29) is 29.1 Å². The number of Topliss-reactive ketones (excluding diaryl/α,β-unsaturated/α-hetero) is 1. The number of carboxylic acids is 1. The van der Waals surface area contributed by atoms with Crippen LogP contribution in [-0.4, -0.2) is 34.3 Å². The predicted octanol–water partition coefficient (Wildman–Crippen LogP) is 2.53. The Morgan fingerprint density at radius 2 is 1.95 bits per heavy atom. The molecule has 0 radical (unpaired) electrons. The molecule has 1 unspecified atom stereocenters. The molecule has 1 N–H and O–H groups in total. The van der Waals surface area contributed by atoms with Gasteiger partial charge in [-0.15, -0.1) is 0 Å². The molecule has 0 amide bonds. The van der Waals surface area contributed by atoms with Gasteiger partial charge in [0.05, 0.1) is 22.6 Å². The molecule has 1 aromatic rings. The van der Waals surface area contributed by atoms with Crippen LogP contribution in [0.15, 0.2) is 18.2 Å². The van der Waals surface area contributed by atoms with E-state index in [2.05, 4.69) is 15.9 Å². The van der Waals surface area contributed by atoms with E-state index >= 15 is 0 Å². The van der Waals surface area contributed by atoms with Crippen molar-refractivity contribution in [1.29, 1.82) is 0 Å². The molecule has 1 atom stereocenters. The number of ketones is 1. The fourth-order valence-electron chi connectivity index (χ4n) is 1.49. The van der Waals surface area contributed by atoms with E-state index in [1.165, 1.54) is 18.2 Å². The highest BCUT2D eigenvalue weighted by molar-refractivity contribution is 9.10. The average molecular weight is 329 g/mol. The Morgan fingerprint density at radius 3 is 2.42 bits per heavy atom. The predicted molar refractivity (Wildman–Crippen MR) is 72.1 cm³/mol. The Bertz CT molecular complexity index is 522. The molecule has 6 heteroatoms. The molecule has 0 aliphatic rings. The topological polar surface area (TPSA) is 80.7 Å². The van der Waals surface area contributed by atoms with E-state index in [0.29, 0.717) is 0 Å². The maximum atomic E-state index is 11.8. The third-order valence-electron chi connectivity index (χ3n) is 2.39. The van der Waals surface area contributed by atoms with Crippen LogP contribution in [0.5, 0.6) is 0 Å². The Morgan fingerprint density at radius 1 is 1.32 bits per heavy atom. The van der Waals surface area contributed by atoms with Gasteiger partial charge in [0.1, 0.15) is 0 Å². The first kappa shape index (κ1) is 15.4. The number of carbonyl (C=O) groups is 3. The monoisotopic (exact) mass is 328 g/mol. The minimum Gasteiger partial charge on any atom is -0.478 e. The molecular weight excluding hydrogens is 316 g/mol. The third kappa shape index (κ3) is 3.64. The number of carbonyl (C=O) groups excluding carboxylic acids is 2. The lowest BCUT2D eigenvalue weighted by atomic mass is 10.0. The number of esters is 1. The molecule has 0 aromatic heterocycles. The largest absolute Gasteiger partial charge is 0.478 e. The fraction of sp³-hybridized carbons (Fsp3) is 0.308. The SMILES string of the molecule is CCOC(=O)c1cc(C(=O)C(C)Br)ccc1C(=O)O. The van der Waals surface area contributed by atoms with E-state index in [1.54, 1.807) is 13.8 Å². The first-order valence-corrected chi connectivity index (χ1v) is 6.52. The number of benzene rings is 1. The molecule has 0 aliphatic heterocycles. The van der Waals surface area contributed by atoms with Crippen LogP contribution in [0.1, 0.15) is 44.9 Å². The fourth-order valence-corrected chi connectivity index (χ4v) is 1.76. The summed E-state index contributed by atoms with van der Waals surface area (Å²) < 4.78 is 4.79. The van der Waals surface area contributed by atoms with Gasteiger partial charge in [-0.2, -0.15) is 0 Å². The van der Waals surface area contributed by atoms with E-state index in [0.717, 1.165) is 0 Å². The Kier molecular flexibility index (Phi) is 5.23. The normalized spacial score (nSPS) is 11.7. The number of hydrogen-bond acceptors (Lipinski definition) is 4. The number of alkyl halides is 1. The summed E-state index contributed by atoms with van der Waals surface area (Å²) in [5.41, 5.74) is -0.0389. The van der Waals surface area contributed by atoms with Crippen LogP contribution >= 0.6 is 15.9 Å². The second-order valence-electron chi connectivity index (χ2n) is 3.77. The highest BCUT2D eigenvalue weighted by Gasteiger charge is 2.21. The van der Waals surface area contributed by atoms with Crippen molar-refractivity contribution < 1.29 is 24.2 Å². The molecule has 0 saturated heterocycles. The van der Waals surface area contributed by atoms with Gasteiger partial charge in [-0.05, 0) is 26.0 Å². The molecule has 19 heavy (non-hydrogen) atoms. The van der Waals surface area contributed by atoms with Crippen LogP contribution < -0.4 is 0 Å². The number of rotatable bonds is 5.